The van der Waals surface area contributed by atoms with Crippen LogP contribution in [0.4, 0.5) is 0 Å². The molecule has 0 aliphatic carbocycles. The molecule has 0 saturated carbocycles. The normalized spacial score (nSPS) is 16.8. The Morgan fingerprint density at radius 1 is 0.913 bits per heavy atom. The van der Waals surface area contributed by atoms with Crippen LogP contribution in [-0.4, -0.2) is 20.8 Å². The molecule has 0 bridgehead atoms. The lowest BCUT2D eigenvalue weighted by Crippen LogP contribution is -2.31. The van der Waals surface area contributed by atoms with Crippen LogP contribution in [0, 0.1) is 20.8 Å². The van der Waals surface area contributed by atoms with Gasteiger partial charge in [-0.3, -0.25) is 0 Å². The van der Waals surface area contributed by atoms with E-state index < -0.39 is 0 Å². The minimum Gasteiger partial charge on any atom is -0.493 e. The summed E-state index contributed by atoms with van der Waals surface area (Å²) in [6.45, 7) is 7.53. The standard InChI is InChI=1S/C20H25NO2/c1-12-8-13(2)19(14(3)9-12)20-16-11-18(23-5)17(22-4)10-15(16)6-7-21-20/h8-11,20-21H,6-7H2,1-5H3. The molecule has 2 aromatic rings. The zero-order valence-electron chi connectivity index (χ0n) is 14.6. The summed E-state index contributed by atoms with van der Waals surface area (Å²) in [5, 5.41) is 3.69. The fourth-order valence-corrected chi connectivity index (χ4v) is 3.79. The van der Waals surface area contributed by atoms with E-state index in [9.17, 15) is 0 Å². The van der Waals surface area contributed by atoms with Crippen molar-refractivity contribution in [2.24, 2.45) is 0 Å². The van der Waals surface area contributed by atoms with Gasteiger partial charge in [0.25, 0.3) is 0 Å². The van der Waals surface area contributed by atoms with Gasteiger partial charge in [0.15, 0.2) is 11.5 Å². The molecule has 23 heavy (non-hydrogen) atoms. The molecule has 0 amide bonds. The van der Waals surface area contributed by atoms with Crippen LogP contribution in [0.15, 0.2) is 24.3 Å². The molecule has 3 rings (SSSR count). The van der Waals surface area contributed by atoms with E-state index in [1.54, 1.807) is 14.2 Å². The molecule has 0 spiro atoms. The van der Waals surface area contributed by atoms with Gasteiger partial charge >= 0.3 is 0 Å². The summed E-state index contributed by atoms with van der Waals surface area (Å²) in [6, 6.07) is 8.99. The summed E-state index contributed by atoms with van der Waals surface area (Å²) < 4.78 is 11.0. The van der Waals surface area contributed by atoms with Crippen molar-refractivity contribution in [2.75, 3.05) is 20.8 Å². The highest BCUT2D eigenvalue weighted by Gasteiger charge is 2.26. The number of aryl methyl sites for hydroxylation is 3. The molecule has 1 aliphatic heterocycles. The van der Waals surface area contributed by atoms with E-state index in [1.807, 2.05) is 0 Å². The predicted molar refractivity (Wildman–Crippen MR) is 93.7 cm³/mol. The van der Waals surface area contributed by atoms with Crippen LogP contribution < -0.4 is 14.8 Å². The molecule has 0 aromatic heterocycles. The van der Waals surface area contributed by atoms with Gasteiger partial charge in [-0.25, -0.2) is 0 Å². The molecule has 1 N–H and O–H groups in total. The first-order chi connectivity index (χ1) is 11.0. The maximum Gasteiger partial charge on any atom is 0.161 e. The van der Waals surface area contributed by atoms with E-state index in [1.165, 1.54) is 33.4 Å². The van der Waals surface area contributed by atoms with Crippen LogP contribution in [0.2, 0.25) is 0 Å². The zero-order valence-corrected chi connectivity index (χ0v) is 14.6. The van der Waals surface area contributed by atoms with Crippen molar-refractivity contribution in [1.29, 1.82) is 0 Å². The Hall–Kier alpha value is -2.00. The maximum absolute atomic E-state index is 5.51. The van der Waals surface area contributed by atoms with E-state index in [4.69, 9.17) is 9.47 Å². The Kier molecular flexibility index (Phi) is 4.31. The Bertz CT molecular complexity index is 714. The van der Waals surface area contributed by atoms with Crippen LogP contribution in [0.1, 0.15) is 39.4 Å². The van der Waals surface area contributed by atoms with Crippen LogP contribution in [0.3, 0.4) is 0 Å². The van der Waals surface area contributed by atoms with Crippen molar-refractivity contribution >= 4 is 0 Å². The molecule has 2 aromatic carbocycles. The van der Waals surface area contributed by atoms with Crippen molar-refractivity contribution in [3.63, 3.8) is 0 Å². The lowest BCUT2D eigenvalue weighted by atomic mass is 9.85. The largest absolute Gasteiger partial charge is 0.493 e. The molecule has 1 aliphatic rings. The second-order valence-corrected chi connectivity index (χ2v) is 6.36. The van der Waals surface area contributed by atoms with Crippen LogP contribution in [0.25, 0.3) is 0 Å². The minimum absolute atomic E-state index is 0.208. The summed E-state index contributed by atoms with van der Waals surface area (Å²) in [4.78, 5) is 0. The second kappa shape index (κ2) is 6.25. The van der Waals surface area contributed by atoms with Crippen molar-refractivity contribution in [3.8, 4) is 11.5 Å². The van der Waals surface area contributed by atoms with Crippen molar-refractivity contribution in [2.45, 2.75) is 33.2 Å². The number of nitrogens with one attached hydrogen (secondary N) is 1. The van der Waals surface area contributed by atoms with Crippen LogP contribution in [-0.2, 0) is 6.42 Å². The predicted octanol–water partition coefficient (Wildman–Crippen LogP) is 3.86. The highest BCUT2D eigenvalue weighted by Crippen LogP contribution is 2.39. The van der Waals surface area contributed by atoms with Crippen molar-refractivity contribution < 1.29 is 9.47 Å². The third-order valence-corrected chi connectivity index (χ3v) is 4.73. The molecular formula is C20H25NO2. The third-order valence-electron chi connectivity index (χ3n) is 4.73. The SMILES string of the molecule is COc1cc2c(cc1OC)C(c1c(C)cc(C)cc1C)NCC2. The summed E-state index contributed by atoms with van der Waals surface area (Å²) in [6.07, 6.45) is 1.01. The summed E-state index contributed by atoms with van der Waals surface area (Å²) >= 11 is 0. The van der Waals surface area contributed by atoms with Gasteiger partial charge in [-0.15, -0.1) is 0 Å². The van der Waals surface area contributed by atoms with Crippen LogP contribution in [0.5, 0.6) is 11.5 Å². The number of fused-ring (bicyclic) bond motifs is 1. The molecule has 1 heterocycles. The lowest BCUT2D eigenvalue weighted by Gasteiger charge is -2.30. The Morgan fingerprint density at radius 3 is 2.13 bits per heavy atom. The van der Waals surface area contributed by atoms with E-state index in [-0.39, 0.29) is 6.04 Å². The average Bonchev–Trinajstić information content (AvgIpc) is 2.52. The number of hydrogen-bond donors (Lipinski definition) is 1. The second-order valence-electron chi connectivity index (χ2n) is 6.36. The van der Waals surface area contributed by atoms with Crippen LogP contribution >= 0.6 is 0 Å². The Morgan fingerprint density at radius 2 is 1.52 bits per heavy atom. The molecule has 1 atom stereocenters. The zero-order chi connectivity index (χ0) is 16.6. The Balaban J connectivity index is 2.16. The highest BCUT2D eigenvalue weighted by atomic mass is 16.5. The fourth-order valence-electron chi connectivity index (χ4n) is 3.79. The van der Waals surface area contributed by atoms with E-state index in [2.05, 4.69) is 50.4 Å². The molecule has 1 unspecified atom stereocenters. The quantitative estimate of drug-likeness (QED) is 0.933. The smallest absolute Gasteiger partial charge is 0.161 e. The Labute approximate surface area is 138 Å². The molecule has 122 valence electrons. The lowest BCUT2D eigenvalue weighted by molar-refractivity contribution is 0.353. The number of ether oxygens (including phenoxy) is 2. The number of methoxy groups -OCH3 is 2. The number of rotatable bonds is 3. The first-order valence-electron chi connectivity index (χ1n) is 8.11. The van der Waals surface area contributed by atoms with E-state index in [0.29, 0.717) is 0 Å². The topological polar surface area (TPSA) is 30.5 Å². The van der Waals surface area contributed by atoms with Crippen molar-refractivity contribution in [3.05, 3.63) is 57.6 Å². The third kappa shape index (κ3) is 2.81. The number of benzene rings is 2. The molecule has 3 heteroatoms. The first kappa shape index (κ1) is 15.9. The van der Waals surface area contributed by atoms with Gasteiger partial charge in [0.1, 0.15) is 0 Å². The minimum atomic E-state index is 0.208. The van der Waals surface area contributed by atoms with Gasteiger partial charge in [0.05, 0.1) is 20.3 Å². The molecule has 0 radical (unpaired) electrons. The van der Waals surface area contributed by atoms with Gasteiger partial charge < -0.3 is 14.8 Å². The maximum atomic E-state index is 5.51. The first-order valence-corrected chi connectivity index (χ1v) is 8.11. The average molecular weight is 311 g/mol. The molecule has 3 nitrogen and oxygen atoms in total. The van der Waals surface area contributed by atoms with Crippen molar-refractivity contribution in [1.82, 2.24) is 5.32 Å². The van der Waals surface area contributed by atoms with E-state index >= 15 is 0 Å². The fraction of sp³-hybridized carbons (Fsp3) is 0.400. The summed E-state index contributed by atoms with van der Waals surface area (Å²) in [5.41, 5.74) is 8.00. The monoisotopic (exact) mass is 311 g/mol. The van der Waals surface area contributed by atoms with Gasteiger partial charge in [-0.2, -0.15) is 0 Å². The highest BCUT2D eigenvalue weighted by molar-refractivity contribution is 5.53. The van der Waals surface area contributed by atoms with Gasteiger partial charge in [-0.1, -0.05) is 17.7 Å². The van der Waals surface area contributed by atoms with Gasteiger partial charge in [0, 0.05) is 6.54 Å². The summed E-state index contributed by atoms with van der Waals surface area (Å²) in [5.74, 6) is 1.60. The molecule has 0 saturated heterocycles. The van der Waals surface area contributed by atoms with Gasteiger partial charge in [0.2, 0.25) is 0 Å². The number of hydrogen-bond acceptors (Lipinski definition) is 3. The molecule has 0 fully saturated rings. The summed E-state index contributed by atoms with van der Waals surface area (Å²) in [7, 11) is 3.38. The van der Waals surface area contributed by atoms with E-state index in [0.717, 1.165) is 24.5 Å². The van der Waals surface area contributed by atoms with Gasteiger partial charge in [-0.05, 0) is 67.1 Å². The molecular weight excluding hydrogens is 286 g/mol.